The van der Waals surface area contributed by atoms with E-state index in [2.05, 4.69) is 34.9 Å². The summed E-state index contributed by atoms with van der Waals surface area (Å²) < 4.78 is 29.9. The zero-order chi connectivity index (χ0) is 33.6. The lowest BCUT2D eigenvalue weighted by molar-refractivity contribution is -0.134. The Balaban J connectivity index is 1.29. The Morgan fingerprint density at radius 3 is 2.17 bits per heavy atom. The summed E-state index contributed by atoms with van der Waals surface area (Å²) in [5.74, 6) is 0.246. The quantitative estimate of drug-likeness (QED) is 0.201. The van der Waals surface area contributed by atoms with E-state index >= 15 is 0 Å². The Morgan fingerprint density at radius 1 is 0.894 bits per heavy atom. The first kappa shape index (κ1) is 35.6. The molecule has 3 amide bonds. The summed E-state index contributed by atoms with van der Waals surface area (Å²) in [5.41, 5.74) is 5.93. The molecule has 1 aliphatic rings. The molecule has 47 heavy (non-hydrogen) atoms. The van der Waals surface area contributed by atoms with Gasteiger partial charge in [-0.1, -0.05) is 60.7 Å². The third-order valence-electron chi connectivity index (χ3n) is 8.18. The van der Waals surface area contributed by atoms with Crippen LogP contribution < -0.4 is 20.1 Å². The molecule has 1 fully saturated rings. The molecule has 0 aliphatic carbocycles. The molecule has 11 heteroatoms. The maximum absolute atomic E-state index is 13.6. The van der Waals surface area contributed by atoms with Crippen molar-refractivity contribution in [3.8, 4) is 5.75 Å². The van der Waals surface area contributed by atoms with Crippen molar-refractivity contribution >= 4 is 27.7 Å². The van der Waals surface area contributed by atoms with Crippen LogP contribution in [-0.2, 0) is 50.1 Å². The predicted molar refractivity (Wildman–Crippen MR) is 183 cm³/mol. The van der Waals surface area contributed by atoms with Gasteiger partial charge in [-0.2, -0.15) is 0 Å². The summed E-state index contributed by atoms with van der Waals surface area (Å²) in [7, 11) is -3.55. The molecule has 252 valence electrons. The Labute approximate surface area is 278 Å². The summed E-state index contributed by atoms with van der Waals surface area (Å²) in [5, 5.41) is 6.32. The van der Waals surface area contributed by atoms with Crippen LogP contribution in [0.15, 0.2) is 72.8 Å². The second kappa shape index (κ2) is 17.6. The first-order chi connectivity index (χ1) is 22.6. The molecule has 1 atom stereocenters. The number of piperazine rings is 1. The van der Waals surface area contributed by atoms with Crippen molar-refractivity contribution in [1.29, 1.82) is 0 Å². The molecule has 1 heterocycles. The van der Waals surface area contributed by atoms with Crippen LogP contribution in [0.5, 0.6) is 5.75 Å². The lowest BCUT2D eigenvalue weighted by atomic mass is 9.93. The van der Waals surface area contributed by atoms with E-state index in [1.54, 1.807) is 0 Å². The highest BCUT2D eigenvalue weighted by molar-refractivity contribution is 7.89. The van der Waals surface area contributed by atoms with E-state index in [0.717, 1.165) is 44.2 Å². The zero-order valence-corrected chi connectivity index (χ0v) is 28.1. The number of hydrogen-bond donors (Lipinski definition) is 3. The molecule has 0 bridgehead atoms. The molecule has 0 saturated carbocycles. The summed E-state index contributed by atoms with van der Waals surface area (Å²) in [6.45, 7) is 4.59. The first-order valence-electron chi connectivity index (χ1n) is 16.2. The SMILES string of the molecule is CC(=O)NCCc1ccccc1Cc1ccccc1CCC(=O)N1CCNC[C@H]1Cc1ccc(OCCCC(=O)NS(C)(=O)=O)cc1. The lowest BCUT2D eigenvalue weighted by Crippen LogP contribution is -2.54. The lowest BCUT2D eigenvalue weighted by Gasteiger charge is -2.36. The average Bonchev–Trinajstić information content (AvgIpc) is 3.03. The van der Waals surface area contributed by atoms with E-state index in [1.165, 1.54) is 29.2 Å². The van der Waals surface area contributed by atoms with Crippen molar-refractivity contribution in [3.05, 3.63) is 101 Å². The van der Waals surface area contributed by atoms with E-state index in [9.17, 15) is 22.8 Å². The average molecular weight is 663 g/mol. The fraction of sp³-hybridized carbons (Fsp3) is 0.417. The Kier molecular flexibility index (Phi) is 13.4. The summed E-state index contributed by atoms with van der Waals surface area (Å²) in [6.07, 6.45) is 4.77. The number of carbonyl (C=O) groups excluding carboxylic acids is 3. The van der Waals surface area contributed by atoms with Crippen LogP contribution in [0.3, 0.4) is 0 Å². The minimum Gasteiger partial charge on any atom is -0.494 e. The Bertz CT molecular complexity index is 1610. The fourth-order valence-corrected chi connectivity index (χ4v) is 6.37. The first-order valence-corrected chi connectivity index (χ1v) is 18.1. The Hall–Kier alpha value is -4.22. The molecule has 3 N–H and O–H groups in total. The largest absolute Gasteiger partial charge is 0.494 e. The van der Waals surface area contributed by atoms with Gasteiger partial charge in [0.15, 0.2) is 0 Å². The molecular formula is C36H46N4O6S. The zero-order valence-electron chi connectivity index (χ0n) is 27.3. The smallest absolute Gasteiger partial charge is 0.233 e. The molecule has 0 unspecified atom stereocenters. The number of sulfonamides is 1. The van der Waals surface area contributed by atoms with Gasteiger partial charge in [-0.3, -0.25) is 19.1 Å². The molecule has 0 spiro atoms. The fourth-order valence-electron chi connectivity index (χ4n) is 5.86. The minimum atomic E-state index is -3.55. The number of rotatable bonds is 16. The van der Waals surface area contributed by atoms with Crippen LogP contribution in [0.25, 0.3) is 0 Å². The highest BCUT2D eigenvalue weighted by Gasteiger charge is 2.26. The van der Waals surface area contributed by atoms with Crippen molar-refractivity contribution < 1.29 is 27.5 Å². The highest BCUT2D eigenvalue weighted by Crippen LogP contribution is 2.21. The van der Waals surface area contributed by atoms with E-state index in [-0.39, 0.29) is 24.3 Å². The summed E-state index contributed by atoms with van der Waals surface area (Å²) >= 11 is 0. The van der Waals surface area contributed by atoms with E-state index in [4.69, 9.17) is 4.74 Å². The maximum atomic E-state index is 13.6. The number of ether oxygens (including phenoxy) is 1. The third-order valence-corrected chi connectivity index (χ3v) is 8.77. The Morgan fingerprint density at radius 2 is 1.53 bits per heavy atom. The standard InChI is InChI=1S/C36H46N4O6S/c1-27(41)38-20-19-30-9-4-6-11-32(30)25-31-10-5-3-8-29(31)15-18-36(43)40-22-21-37-26-33(40)24-28-13-16-34(17-14-28)46-23-7-12-35(42)39-47(2,44)45/h3-6,8-11,13-14,16-17,33,37H,7,12,15,18-26H2,1-2H3,(H,38,41)(H,39,42)/t33-/m1/s1. The van der Waals surface area contributed by atoms with Crippen molar-refractivity contribution in [2.24, 2.45) is 0 Å². The van der Waals surface area contributed by atoms with Gasteiger partial charge in [0.05, 0.1) is 12.9 Å². The molecule has 0 aromatic heterocycles. The topological polar surface area (TPSA) is 134 Å². The van der Waals surface area contributed by atoms with Gasteiger partial charge in [-0.25, -0.2) is 8.42 Å². The van der Waals surface area contributed by atoms with Crippen molar-refractivity contribution in [2.75, 3.05) is 39.0 Å². The van der Waals surface area contributed by atoms with Gasteiger partial charge < -0.3 is 20.3 Å². The summed E-state index contributed by atoms with van der Waals surface area (Å²) in [6, 6.07) is 24.4. The molecule has 0 radical (unpaired) electrons. The minimum absolute atomic E-state index is 0.0283. The van der Waals surface area contributed by atoms with Crippen LogP contribution >= 0.6 is 0 Å². The molecule has 3 aromatic carbocycles. The third kappa shape index (κ3) is 12.1. The number of hydrogen-bond acceptors (Lipinski definition) is 7. The molecule has 3 aromatic rings. The number of carbonyl (C=O) groups is 3. The van der Waals surface area contributed by atoms with E-state index in [1.807, 2.05) is 58.2 Å². The number of nitrogens with zero attached hydrogens (tertiary/aromatic N) is 1. The number of benzene rings is 3. The van der Waals surface area contributed by atoms with Crippen molar-refractivity contribution in [2.45, 2.75) is 57.9 Å². The molecule has 10 nitrogen and oxygen atoms in total. The van der Waals surface area contributed by atoms with Gasteiger partial charge in [0, 0.05) is 52.0 Å². The second-order valence-corrected chi connectivity index (χ2v) is 13.7. The van der Waals surface area contributed by atoms with Gasteiger partial charge in [0.1, 0.15) is 5.75 Å². The van der Waals surface area contributed by atoms with Crippen molar-refractivity contribution in [1.82, 2.24) is 20.3 Å². The van der Waals surface area contributed by atoms with Gasteiger partial charge in [-0.15, -0.1) is 0 Å². The van der Waals surface area contributed by atoms with Crippen LogP contribution in [0.2, 0.25) is 0 Å². The number of nitrogens with one attached hydrogen (secondary N) is 3. The molecule has 1 saturated heterocycles. The van der Waals surface area contributed by atoms with Crippen LogP contribution in [0, 0.1) is 0 Å². The van der Waals surface area contributed by atoms with E-state index < -0.39 is 15.9 Å². The van der Waals surface area contributed by atoms with Gasteiger partial charge in [-0.05, 0) is 72.1 Å². The van der Waals surface area contributed by atoms with Crippen LogP contribution in [-0.4, -0.2) is 76.1 Å². The normalized spacial score (nSPS) is 14.8. The predicted octanol–water partition coefficient (Wildman–Crippen LogP) is 3.17. The van der Waals surface area contributed by atoms with Gasteiger partial charge in [0.2, 0.25) is 27.7 Å². The maximum Gasteiger partial charge on any atom is 0.233 e. The second-order valence-electron chi connectivity index (χ2n) is 12.0. The monoisotopic (exact) mass is 662 g/mol. The van der Waals surface area contributed by atoms with Crippen LogP contribution in [0.4, 0.5) is 0 Å². The number of aryl methyl sites for hydroxylation is 1. The molecule has 1 aliphatic heterocycles. The van der Waals surface area contributed by atoms with Gasteiger partial charge in [0.25, 0.3) is 0 Å². The summed E-state index contributed by atoms with van der Waals surface area (Å²) in [4.78, 5) is 38.6. The molecule has 4 rings (SSSR count). The highest BCUT2D eigenvalue weighted by atomic mass is 32.2. The van der Waals surface area contributed by atoms with Crippen molar-refractivity contribution in [3.63, 3.8) is 0 Å². The van der Waals surface area contributed by atoms with Crippen LogP contribution in [0.1, 0.15) is 54.0 Å². The molecular weight excluding hydrogens is 616 g/mol. The van der Waals surface area contributed by atoms with E-state index in [0.29, 0.717) is 44.7 Å². The van der Waals surface area contributed by atoms with Gasteiger partial charge >= 0.3 is 0 Å². The number of amides is 3.